The number of hydrogen-bond acceptors (Lipinski definition) is 7. The van der Waals surface area contributed by atoms with E-state index < -0.39 is 5.97 Å². The number of esters is 1. The lowest BCUT2D eigenvalue weighted by Crippen LogP contribution is -2.34. The second-order valence-electron chi connectivity index (χ2n) is 9.28. The molecule has 184 valence electrons. The standard InChI is InChI=1S/C25H32N2O5S2/c1-25(2,3)16-8-11-18-19(14-16)34-22(20(18)23(29)31-5)27-24(33)26-21(28)15-6-9-17(10-7-15)32-13-12-30-4/h6-7,9-10,16H,8,11-14H2,1-5H3,(H2,26,27,28,33). The molecule has 0 saturated carbocycles. The summed E-state index contributed by atoms with van der Waals surface area (Å²) in [7, 11) is 2.98. The van der Waals surface area contributed by atoms with Crippen LogP contribution in [0.15, 0.2) is 24.3 Å². The molecule has 1 amide bonds. The van der Waals surface area contributed by atoms with Crippen molar-refractivity contribution in [3.63, 3.8) is 0 Å². The lowest BCUT2D eigenvalue weighted by atomic mass is 9.72. The Balaban J connectivity index is 1.70. The number of amides is 1. The molecule has 7 nitrogen and oxygen atoms in total. The number of benzene rings is 1. The number of fused-ring (bicyclic) bond motifs is 1. The van der Waals surface area contributed by atoms with Crippen LogP contribution in [0.25, 0.3) is 0 Å². The van der Waals surface area contributed by atoms with E-state index in [1.54, 1.807) is 31.4 Å². The molecule has 3 rings (SSSR count). The van der Waals surface area contributed by atoms with Crippen LogP contribution in [0.4, 0.5) is 5.00 Å². The number of carbonyl (C=O) groups is 2. The second kappa shape index (κ2) is 11.3. The average Bonchev–Trinajstić information content (AvgIpc) is 3.15. The number of nitrogens with one attached hydrogen (secondary N) is 2. The van der Waals surface area contributed by atoms with E-state index in [-0.39, 0.29) is 16.4 Å². The SMILES string of the molecule is COCCOc1ccc(C(=O)NC(=S)Nc2sc3c(c2C(=O)OC)CCC(C(C)(C)C)C3)cc1. The Kier molecular flexibility index (Phi) is 8.67. The van der Waals surface area contributed by atoms with Crippen LogP contribution in [-0.4, -0.2) is 44.4 Å². The lowest BCUT2D eigenvalue weighted by molar-refractivity contribution is 0.0600. The van der Waals surface area contributed by atoms with Crippen molar-refractivity contribution in [2.45, 2.75) is 40.0 Å². The Labute approximate surface area is 210 Å². The van der Waals surface area contributed by atoms with Gasteiger partial charge in [0.25, 0.3) is 5.91 Å². The van der Waals surface area contributed by atoms with E-state index in [2.05, 4.69) is 31.4 Å². The zero-order valence-corrected chi connectivity index (χ0v) is 21.9. The number of hydrogen-bond donors (Lipinski definition) is 2. The van der Waals surface area contributed by atoms with Gasteiger partial charge in [0.2, 0.25) is 0 Å². The van der Waals surface area contributed by atoms with Gasteiger partial charge in [0.1, 0.15) is 17.4 Å². The van der Waals surface area contributed by atoms with E-state index in [9.17, 15) is 9.59 Å². The van der Waals surface area contributed by atoms with Crippen LogP contribution >= 0.6 is 23.6 Å². The van der Waals surface area contributed by atoms with Crippen LogP contribution in [0, 0.1) is 11.3 Å². The summed E-state index contributed by atoms with van der Waals surface area (Å²) in [5.41, 5.74) is 2.17. The minimum Gasteiger partial charge on any atom is -0.491 e. The topological polar surface area (TPSA) is 85.9 Å². The molecule has 2 aromatic rings. The number of thiophene rings is 1. The van der Waals surface area contributed by atoms with Crippen LogP contribution in [0.1, 0.15) is 58.3 Å². The van der Waals surface area contributed by atoms with Gasteiger partial charge >= 0.3 is 5.97 Å². The minimum absolute atomic E-state index is 0.126. The van der Waals surface area contributed by atoms with E-state index in [0.29, 0.717) is 41.0 Å². The minimum atomic E-state index is -0.396. The van der Waals surface area contributed by atoms with Gasteiger partial charge in [0, 0.05) is 17.6 Å². The number of methoxy groups -OCH3 is 2. The van der Waals surface area contributed by atoms with E-state index in [1.807, 2.05) is 0 Å². The molecule has 1 aromatic heterocycles. The molecule has 1 aliphatic carbocycles. The van der Waals surface area contributed by atoms with Crippen molar-refractivity contribution < 1.29 is 23.8 Å². The van der Waals surface area contributed by atoms with Gasteiger partial charge in [-0.05, 0) is 72.6 Å². The van der Waals surface area contributed by atoms with Gasteiger partial charge in [0.05, 0.1) is 19.3 Å². The molecule has 1 heterocycles. The predicted molar refractivity (Wildman–Crippen MR) is 138 cm³/mol. The van der Waals surface area contributed by atoms with Crippen LogP contribution in [0.2, 0.25) is 0 Å². The smallest absolute Gasteiger partial charge is 0.341 e. The van der Waals surface area contributed by atoms with Crippen LogP contribution in [0.3, 0.4) is 0 Å². The van der Waals surface area contributed by atoms with Crippen molar-refractivity contribution in [2.75, 3.05) is 32.8 Å². The average molecular weight is 505 g/mol. The quantitative estimate of drug-likeness (QED) is 0.317. The molecule has 0 spiro atoms. The maximum Gasteiger partial charge on any atom is 0.341 e. The Hall–Kier alpha value is -2.49. The first kappa shape index (κ1) is 26.1. The van der Waals surface area contributed by atoms with Crippen molar-refractivity contribution in [2.24, 2.45) is 11.3 Å². The van der Waals surface area contributed by atoms with Gasteiger partial charge < -0.3 is 19.5 Å². The van der Waals surface area contributed by atoms with Gasteiger partial charge in [-0.1, -0.05) is 20.8 Å². The molecule has 0 aliphatic heterocycles. The molecule has 1 aliphatic rings. The summed E-state index contributed by atoms with van der Waals surface area (Å²) >= 11 is 6.90. The van der Waals surface area contributed by atoms with Crippen LogP contribution in [-0.2, 0) is 22.3 Å². The molecule has 2 N–H and O–H groups in total. The first-order chi connectivity index (χ1) is 16.1. The summed E-state index contributed by atoms with van der Waals surface area (Å²) < 4.78 is 15.5. The van der Waals surface area contributed by atoms with E-state index in [4.69, 9.17) is 26.4 Å². The monoisotopic (exact) mass is 504 g/mol. The molecule has 1 unspecified atom stereocenters. The van der Waals surface area contributed by atoms with Crippen molar-refractivity contribution >= 4 is 45.5 Å². The van der Waals surface area contributed by atoms with Crippen molar-refractivity contribution in [3.05, 3.63) is 45.8 Å². The van der Waals surface area contributed by atoms with E-state index in [0.717, 1.165) is 24.8 Å². The Bertz CT molecular complexity index is 1040. The fraction of sp³-hybridized carbons (Fsp3) is 0.480. The molecule has 1 aromatic carbocycles. The summed E-state index contributed by atoms with van der Waals surface area (Å²) in [5.74, 6) is 0.432. The Morgan fingerprint density at radius 2 is 1.85 bits per heavy atom. The Morgan fingerprint density at radius 1 is 1.15 bits per heavy atom. The van der Waals surface area contributed by atoms with Gasteiger partial charge in [-0.2, -0.15) is 0 Å². The van der Waals surface area contributed by atoms with Gasteiger partial charge in [-0.15, -0.1) is 11.3 Å². The molecule has 0 saturated heterocycles. The molecule has 0 bridgehead atoms. The number of ether oxygens (including phenoxy) is 3. The first-order valence-corrected chi connectivity index (χ1v) is 12.4. The maximum absolute atomic E-state index is 12.7. The molecule has 34 heavy (non-hydrogen) atoms. The van der Waals surface area contributed by atoms with Crippen molar-refractivity contribution in [3.8, 4) is 5.75 Å². The second-order valence-corrected chi connectivity index (χ2v) is 10.8. The summed E-state index contributed by atoms with van der Waals surface area (Å²) in [6.07, 6.45) is 2.74. The van der Waals surface area contributed by atoms with Crippen molar-refractivity contribution in [1.82, 2.24) is 5.32 Å². The van der Waals surface area contributed by atoms with Crippen molar-refractivity contribution in [1.29, 1.82) is 0 Å². The highest BCUT2D eigenvalue weighted by Gasteiger charge is 2.34. The fourth-order valence-corrected chi connectivity index (χ4v) is 5.57. The fourth-order valence-electron chi connectivity index (χ4n) is 3.99. The molecule has 0 fully saturated rings. The highest BCUT2D eigenvalue weighted by molar-refractivity contribution is 7.80. The molecule has 9 heteroatoms. The zero-order chi connectivity index (χ0) is 24.9. The van der Waals surface area contributed by atoms with E-state index in [1.165, 1.54) is 23.3 Å². The van der Waals surface area contributed by atoms with Crippen LogP contribution < -0.4 is 15.4 Å². The van der Waals surface area contributed by atoms with Gasteiger partial charge in [-0.3, -0.25) is 10.1 Å². The molecule has 0 radical (unpaired) electrons. The third kappa shape index (κ3) is 6.34. The largest absolute Gasteiger partial charge is 0.491 e. The molecular formula is C25H32N2O5S2. The number of rotatable bonds is 7. The maximum atomic E-state index is 12.7. The first-order valence-electron chi connectivity index (χ1n) is 11.2. The number of thiocarbonyl (C=S) groups is 1. The number of carbonyl (C=O) groups excluding carboxylic acids is 2. The summed E-state index contributed by atoms with van der Waals surface area (Å²) in [5, 5.41) is 6.49. The normalized spacial score (nSPS) is 15.3. The highest BCUT2D eigenvalue weighted by Crippen LogP contribution is 2.44. The zero-order valence-electron chi connectivity index (χ0n) is 20.3. The van der Waals surface area contributed by atoms with Gasteiger partial charge in [0.15, 0.2) is 5.11 Å². The summed E-state index contributed by atoms with van der Waals surface area (Å²) in [6, 6.07) is 6.76. The highest BCUT2D eigenvalue weighted by atomic mass is 32.1. The lowest BCUT2D eigenvalue weighted by Gasteiger charge is -2.33. The van der Waals surface area contributed by atoms with Crippen LogP contribution in [0.5, 0.6) is 5.75 Å². The summed E-state index contributed by atoms with van der Waals surface area (Å²) in [4.78, 5) is 26.4. The third-order valence-corrected chi connectivity index (χ3v) is 7.38. The predicted octanol–water partition coefficient (Wildman–Crippen LogP) is 4.84. The Morgan fingerprint density at radius 3 is 2.47 bits per heavy atom. The van der Waals surface area contributed by atoms with E-state index >= 15 is 0 Å². The number of anilines is 1. The summed E-state index contributed by atoms with van der Waals surface area (Å²) in [6.45, 7) is 7.66. The van der Waals surface area contributed by atoms with Gasteiger partial charge in [-0.25, -0.2) is 4.79 Å². The molecule has 1 atom stereocenters. The third-order valence-electron chi connectivity index (χ3n) is 6.01. The molecular weight excluding hydrogens is 472 g/mol.